The van der Waals surface area contributed by atoms with Crippen molar-refractivity contribution in [3.05, 3.63) is 202 Å². The number of fused-ring (bicyclic) bond motifs is 6. The van der Waals surface area contributed by atoms with Gasteiger partial charge in [-0.05, 0) is 117 Å². The van der Waals surface area contributed by atoms with E-state index in [1.165, 1.54) is 66.4 Å². The minimum atomic E-state index is 0. The first-order valence-electron chi connectivity index (χ1n) is 22.8. The summed E-state index contributed by atoms with van der Waals surface area (Å²) < 4.78 is 0. The van der Waals surface area contributed by atoms with Crippen molar-refractivity contribution >= 4 is 55.0 Å². The predicted molar refractivity (Wildman–Crippen MR) is 276 cm³/mol. The molecule has 0 fully saturated rings. The Balaban J connectivity index is 0.000000179. The standard InChI is InChI=1S/2C30H28N3.Zn/c2*1-19-10-8-11-20(2)27(19)24-14-9-15-25-28(24)22-12-6-7-13-23(22)29(32-25)33-26-18-21(16-17-31-26)30(3,4)5;/h2*6-18H,1-5H3;/q2*-1;+2. The van der Waals surface area contributed by atoms with Crippen LogP contribution in [0.3, 0.4) is 0 Å². The Morgan fingerprint density at radius 2 is 0.746 bits per heavy atom. The number of hydrogen-bond acceptors (Lipinski definition) is 4. The van der Waals surface area contributed by atoms with Gasteiger partial charge in [0.1, 0.15) is 0 Å². The average molecular weight is 927 g/mol. The van der Waals surface area contributed by atoms with Crippen LogP contribution in [0.15, 0.2) is 168 Å². The minimum absolute atomic E-state index is 0. The maximum atomic E-state index is 5.03. The summed E-state index contributed by atoms with van der Waals surface area (Å²) in [5, 5.41) is 6.72. The van der Waals surface area contributed by atoms with Crippen molar-refractivity contribution < 1.29 is 19.5 Å². The monoisotopic (exact) mass is 924 g/mol. The summed E-state index contributed by atoms with van der Waals surface area (Å²) in [4.78, 5) is 28.9. The van der Waals surface area contributed by atoms with Crippen molar-refractivity contribution in [3.63, 3.8) is 0 Å². The Morgan fingerprint density at radius 3 is 1.10 bits per heavy atom. The Kier molecular flexibility index (Phi) is 13.1. The van der Waals surface area contributed by atoms with Crippen LogP contribution >= 0.6 is 0 Å². The molecule has 0 saturated carbocycles. The molecule has 0 unspecified atom stereocenters. The third-order valence-electron chi connectivity index (χ3n) is 12.6. The van der Waals surface area contributed by atoms with Crippen LogP contribution in [0.2, 0.25) is 0 Å². The first kappa shape index (κ1) is 46.7. The van der Waals surface area contributed by atoms with Gasteiger partial charge in [0.05, 0.1) is 22.7 Å². The van der Waals surface area contributed by atoms with Gasteiger partial charge < -0.3 is 20.0 Å². The van der Waals surface area contributed by atoms with Gasteiger partial charge >= 0.3 is 19.5 Å². The van der Waals surface area contributed by atoms with E-state index in [2.05, 4.69) is 225 Å². The summed E-state index contributed by atoms with van der Waals surface area (Å²) >= 11 is 0. The van der Waals surface area contributed by atoms with Crippen molar-refractivity contribution in [3.8, 4) is 22.3 Å². The van der Waals surface area contributed by atoms with Gasteiger partial charge in [0.25, 0.3) is 0 Å². The fraction of sp³-hybridized carbons (Fsp3) is 0.200. The zero-order chi connectivity index (χ0) is 46.3. The van der Waals surface area contributed by atoms with Crippen LogP contribution in [-0.2, 0) is 30.3 Å². The largest absolute Gasteiger partial charge is 2.00 e. The number of hydrogen-bond donors (Lipinski definition) is 0. The summed E-state index contributed by atoms with van der Waals surface area (Å²) in [6.45, 7) is 21.9. The van der Waals surface area contributed by atoms with Crippen molar-refractivity contribution in [2.45, 2.75) is 80.1 Å². The maximum Gasteiger partial charge on any atom is 2.00 e. The topological polar surface area (TPSA) is 78.7 Å². The molecule has 67 heavy (non-hydrogen) atoms. The second-order valence-electron chi connectivity index (χ2n) is 19.4. The molecule has 0 saturated heterocycles. The van der Waals surface area contributed by atoms with E-state index >= 15 is 0 Å². The van der Waals surface area contributed by atoms with Gasteiger partial charge in [0, 0.05) is 21.5 Å². The van der Waals surface area contributed by atoms with Crippen molar-refractivity contribution in [1.29, 1.82) is 0 Å². The van der Waals surface area contributed by atoms with E-state index in [9.17, 15) is 0 Å². The van der Waals surface area contributed by atoms with E-state index in [1.807, 2.05) is 12.4 Å². The number of aromatic nitrogens is 4. The number of pyridine rings is 4. The van der Waals surface area contributed by atoms with Crippen molar-refractivity contribution in [2.24, 2.45) is 9.98 Å². The fourth-order valence-electron chi connectivity index (χ4n) is 9.15. The SMILES string of the molecule is Cc1cccc(C)c1-c1cccc2nc(N=c3cc(C(C)(C)C)cc[n-]3)c3ccccc3c12.Cc1cccc(C)c1-c1cccc2nc(N=c3cc(C(C)(C)C)cc[n-]3)c3ccccc3c12.[Zn+2]. The molecule has 0 bridgehead atoms. The zero-order valence-electron chi connectivity index (χ0n) is 40.4. The molecule has 0 aliphatic carbocycles. The molecule has 0 atom stereocenters. The van der Waals surface area contributed by atoms with Gasteiger partial charge in [0.2, 0.25) is 0 Å². The van der Waals surface area contributed by atoms with E-state index in [4.69, 9.17) is 20.0 Å². The van der Waals surface area contributed by atoms with Gasteiger partial charge in [-0.1, -0.05) is 198 Å². The Labute approximate surface area is 406 Å². The second-order valence-corrected chi connectivity index (χ2v) is 19.4. The minimum Gasteiger partial charge on any atom is -0.443 e. The molecule has 328 valence electrons. The molecule has 6 nitrogen and oxygen atoms in total. The number of aryl methyl sites for hydroxylation is 4. The summed E-state index contributed by atoms with van der Waals surface area (Å²) in [6.07, 6.45) is 3.67. The summed E-state index contributed by atoms with van der Waals surface area (Å²) in [5.41, 5.74) is 15.8. The Hall–Kier alpha value is -6.82. The molecule has 0 spiro atoms. The molecule has 10 aromatic rings. The van der Waals surface area contributed by atoms with E-state index in [-0.39, 0.29) is 30.3 Å². The summed E-state index contributed by atoms with van der Waals surface area (Å²) in [6, 6.07) is 50.8. The molecule has 6 aromatic carbocycles. The van der Waals surface area contributed by atoms with Crippen molar-refractivity contribution in [2.75, 3.05) is 0 Å². The number of nitrogens with zero attached hydrogens (tertiary/aromatic N) is 6. The van der Waals surface area contributed by atoms with E-state index in [0.29, 0.717) is 22.6 Å². The molecule has 10 rings (SSSR count). The molecule has 0 amide bonds. The van der Waals surface area contributed by atoms with Crippen LogP contribution in [0.5, 0.6) is 0 Å². The Bertz CT molecular complexity index is 3340. The third-order valence-corrected chi connectivity index (χ3v) is 12.6. The van der Waals surface area contributed by atoms with Crippen LogP contribution in [0.25, 0.3) is 65.6 Å². The van der Waals surface area contributed by atoms with E-state index < -0.39 is 0 Å². The molecular weight excluding hydrogens is 870 g/mol. The van der Waals surface area contributed by atoms with Crippen LogP contribution in [0, 0.1) is 27.7 Å². The van der Waals surface area contributed by atoms with Crippen molar-refractivity contribution in [1.82, 2.24) is 19.9 Å². The maximum absolute atomic E-state index is 5.03. The van der Waals surface area contributed by atoms with E-state index in [0.717, 1.165) is 32.6 Å². The number of benzene rings is 6. The molecule has 0 radical (unpaired) electrons. The van der Waals surface area contributed by atoms with Crippen LogP contribution < -0.4 is 20.9 Å². The Morgan fingerprint density at radius 1 is 0.403 bits per heavy atom. The summed E-state index contributed by atoms with van der Waals surface area (Å²) in [5.74, 6) is 1.41. The third kappa shape index (κ3) is 9.44. The molecular formula is C60H56N6Zn. The normalized spacial score (nSPS) is 12.4. The van der Waals surface area contributed by atoms with E-state index in [1.54, 1.807) is 0 Å². The van der Waals surface area contributed by atoms with Crippen LogP contribution in [0.1, 0.15) is 74.9 Å². The number of rotatable bonds is 4. The zero-order valence-corrected chi connectivity index (χ0v) is 43.4. The molecule has 7 heteroatoms. The van der Waals surface area contributed by atoms with Gasteiger partial charge in [-0.2, -0.15) is 0 Å². The van der Waals surface area contributed by atoms with Gasteiger partial charge in [-0.3, -0.25) is 9.97 Å². The van der Waals surface area contributed by atoms with Gasteiger partial charge in [0.15, 0.2) is 0 Å². The summed E-state index contributed by atoms with van der Waals surface area (Å²) in [7, 11) is 0. The second kappa shape index (κ2) is 18.8. The van der Waals surface area contributed by atoms with Gasteiger partial charge in [-0.15, -0.1) is 0 Å². The molecule has 0 N–H and O–H groups in total. The predicted octanol–water partition coefficient (Wildman–Crippen LogP) is 14.3. The fourth-order valence-corrected chi connectivity index (χ4v) is 9.15. The molecule has 0 aliphatic heterocycles. The molecule has 0 aliphatic rings. The first-order chi connectivity index (χ1) is 31.7. The molecule has 4 aromatic heterocycles. The first-order valence-corrected chi connectivity index (χ1v) is 22.8. The van der Waals surface area contributed by atoms with Crippen LogP contribution in [-0.4, -0.2) is 9.97 Å². The van der Waals surface area contributed by atoms with Gasteiger partial charge in [-0.25, -0.2) is 0 Å². The average Bonchev–Trinajstić information content (AvgIpc) is 3.29. The van der Waals surface area contributed by atoms with Crippen LogP contribution in [0.4, 0.5) is 11.6 Å². The molecule has 4 heterocycles. The smallest absolute Gasteiger partial charge is 0.443 e. The quantitative estimate of drug-likeness (QED) is 0.130.